The van der Waals surface area contributed by atoms with E-state index in [9.17, 15) is 14.4 Å². The number of esters is 1. The minimum atomic E-state index is -0.479. The Bertz CT molecular complexity index is 1120. The Morgan fingerprint density at radius 1 is 0.933 bits per heavy atom. The van der Waals surface area contributed by atoms with Crippen molar-refractivity contribution in [3.8, 4) is 0 Å². The molecule has 0 radical (unpaired) electrons. The molecule has 1 fully saturated rings. The molecule has 1 atom stereocenters. The number of ether oxygens (including phenoxy) is 1. The molecule has 0 unspecified atom stereocenters. The molecular weight excluding hydrogens is 378 g/mol. The number of benzene rings is 3. The maximum Gasteiger partial charge on any atom is 0.337 e. The van der Waals surface area contributed by atoms with Crippen LogP contribution in [0.4, 0.5) is 0 Å². The van der Waals surface area contributed by atoms with Gasteiger partial charge in [0.1, 0.15) is 0 Å². The zero-order valence-corrected chi connectivity index (χ0v) is 16.8. The van der Waals surface area contributed by atoms with Gasteiger partial charge < -0.3 is 9.64 Å². The highest BCUT2D eigenvalue weighted by atomic mass is 16.5. The number of fused-ring (bicyclic) bond motifs is 1. The molecule has 1 aliphatic heterocycles. The molecule has 1 aliphatic rings. The number of methoxy groups -OCH3 is 1. The predicted molar refractivity (Wildman–Crippen MR) is 115 cm³/mol. The summed E-state index contributed by atoms with van der Waals surface area (Å²) < 4.78 is 4.74. The lowest BCUT2D eigenvalue weighted by Crippen LogP contribution is -2.42. The van der Waals surface area contributed by atoms with Gasteiger partial charge in [0.05, 0.1) is 12.7 Å². The average molecular weight is 401 g/mol. The lowest BCUT2D eigenvalue weighted by atomic mass is 9.87. The van der Waals surface area contributed by atoms with E-state index in [1.54, 1.807) is 29.2 Å². The molecule has 30 heavy (non-hydrogen) atoms. The highest BCUT2D eigenvalue weighted by Gasteiger charge is 2.30. The summed E-state index contributed by atoms with van der Waals surface area (Å²) in [6.45, 7) is 0.976. The van der Waals surface area contributed by atoms with Crippen LogP contribution >= 0.6 is 0 Å². The van der Waals surface area contributed by atoms with Gasteiger partial charge in [-0.15, -0.1) is 0 Å². The molecule has 0 aromatic heterocycles. The minimum absolute atomic E-state index is 0.0765. The van der Waals surface area contributed by atoms with Crippen LogP contribution in [0.2, 0.25) is 0 Å². The van der Waals surface area contributed by atoms with Crippen molar-refractivity contribution < 1.29 is 19.1 Å². The van der Waals surface area contributed by atoms with Crippen LogP contribution < -0.4 is 0 Å². The molecule has 0 bridgehead atoms. The lowest BCUT2D eigenvalue weighted by molar-refractivity contribution is 0.0600. The Morgan fingerprint density at radius 3 is 2.50 bits per heavy atom. The third-order valence-electron chi connectivity index (χ3n) is 5.67. The first-order chi connectivity index (χ1) is 14.6. The second-order valence-electron chi connectivity index (χ2n) is 7.55. The second kappa shape index (κ2) is 8.49. The quantitative estimate of drug-likeness (QED) is 0.481. The monoisotopic (exact) mass is 401 g/mol. The van der Waals surface area contributed by atoms with E-state index in [1.165, 1.54) is 7.11 Å². The fourth-order valence-corrected chi connectivity index (χ4v) is 4.12. The van der Waals surface area contributed by atoms with Crippen LogP contribution in [0, 0.1) is 5.92 Å². The van der Waals surface area contributed by atoms with Crippen molar-refractivity contribution in [3.63, 3.8) is 0 Å². The first-order valence-electron chi connectivity index (χ1n) is 10.1. The Labute approximate surface area is 175 Å². The normalized spacial score (nSPS) is 16.3. The predicted octanol–water partition coefficient (Wildman–Crippen LogP) is 4.36. The summed E-state index contributed by atoms with van der Waals surface area (Å²) in [7, 11) is 1.31. The number of carbonyl (C=O) groups excluding carboxylic acids is 3. The Kier molecular flexibility index (Phi) is 5.61. The van der Waals surface area contributed by atoms with Crippen LogP contribution in [0.25, 0.3) is 10.8 Å². The van der Waals surface area contributed by atoms with E-state index in [0.29, 0.717) is 29.8 Å². The van der Waals surface area contributed by atoms with E-state index in [0.717, 1.165) is 23.6 Å². The molecule has 152 valence electrons. The van der Waals surface area contributed by atoms with Gasteiger partial charge in [0.15, 0.2) is 5.78 Å². The molecule has 5 heteroatoms. The zero-order valence-electron chi connectivity index (χ0n) is 16.8. The van der Waals surface area contributed by atoms with Crippen molar-refractivity contribution >= 4 is 28.4 Å². The SMILES string of the molecule is COC(=O)c1cccc(C(=O)N2CCC[C@H](C(=O)c3cccc4ccccc34)C2)c1. The fraction of sp³-hybridized carbons (Fsp3) is 0.240. The number of hydrogen-bond donors (Lipinski definition) is 0. The van der Waals surface area contributed by atoms with E-state index in [-0.39, 0.29) is 17.6 Å². The van der Waals surface area contributed by atoms with Crippen LogP contribution in [0.1, 0.15) is 43.9 Å². The Hall–Kier alpha value is -3.47. The van der Waals surface area contributed by atoms with Crippen LogP contribution in [0.3, 0.4) is 0 Å². The number of carbonyl (C=O) groups is 3. The van der Waals surface area contributed by atoms with Gasteiger partial charge in [-0.05, 0) is 41.8 Å². The molecule has 1 amide bonds. The van der Waals surface area contributed by atoms with Crippen LogP contribution in [0.5, 0.6) is 0 Å². The zero-order chi connectivity index (χ0) is 21.1. The van der Waals surface area contributed by atoms with E-state index in [2.05, 4.69) is 0 Å². The van der Waals surface area contributed by atoms with E-state index < -0.39 is 5.97 Å². The molecule has 0 saturated carbocycles. The van der Waals surface area contributed by atoms with Crippen LogP contribution in [0.15, 0.2) is 66.7 Å². The number of rotatable bonds is 4. The molecule has 0 N–H and O–H groups in total. The van der Waals surface area contributed by atoms with Gasteiger partial charge in [0.25, 0.3) is 5.91 Å². The highest BCUT2D eigenvalue weighted by Crippen LogP contribution is 2.26. The Morgan fingerprint density at radius 2 is 1.67 bits per heavy atom. The fourth-order valence-electron chi connectivity index (χ4n) is 4.12. The molecule has 0 spiro atoms. The molecule has 0 aliphatic carbocycles. The van der Waals surface area contributed by atoms with Crippen LogP contribution in [-0.2, 0) is 4.74 Å². The van der Waals surface area contributed by atoms with Crippen LogP contribution in [-0.4, -0.2) is 42.8 Å². The van der Waals surface area contributed by atoms with E-state index in [1.807, 2.05) is 42.5 Å². The molecule has 3 aromatic rings. The molecule has 4 rings (SSSR count). The van der Waals surface area contributed by atoms with Crippen molar-refractivity contribution in [1.29, 1.82) is 0 Å². The van der Waals surface area contributed by atoms with Gasteiger partial charge in [-0.1, -0.05) is 48.5 Å². The maximum atomic E-state index is 13.3. The van der Waals surface area contributed by atoms with E-state index >= 15 is 0 Å². The lowest BCUT2D eigenvalue weighted by Gasteiger charge is -2.32. The number of nitrogens with zero attached hydrogens (tertiary/aromatic N) is 1. The number of amides is 1. The van der Waals surface area contributed by atoms with Crippen molar-refractivity contribution in [1.82, 2.24) is 4.90 Å². The summed E-state index contributed by atoms with van der Waals surface area (Å²) in [6, 6.07) is 20.1. The van der Waals surface area contributed by atoms with Crippen molar-refractivity contribution in [2.24, 2.45) is 5.92 Å². The summed E-state index contributed by atoms with van der Waals surface area (Å²) in [5.41, 5.74) is 1.47. The van der Waals surface area contributed by atoms with Gasteiger partial charge in [0, 0.05) is 30.1 Å². The first-order valence-corrected chi connectivity index (χ1v) is 10.1. The standard InChI is InChI=1S/C25H23NO4/c1-30-25(29)19-10-4-9-18(15-19)24(28)26-14-6-11-20(16-26)23(27)22-13-5-8-17-7-2-3-12-21(17)22/h2-5,7-10,12-13,15,20H,6,11,14,16H2,1H3/t20-/m0/s1. The second-order valence-corrected chi connectivity index (χ2v) is 7.55. The third-order valence-corrected chi connectivity index (χ3v) is 5.67. The average Bonchev–Trinajstić information content (AvgIpc) is 2.82. The molecule has 5 nitrogen and oxygen atoms in total. The summed E-state index contributed by atoms with van der Waals surface area (Å²) >= 11 is 0. The van der Waals surface area contributed by atoms with Gasteiger partial charge >= 0.3 is 5.97 Å². The molecule has 1 saturated heterocycles. The smallest absolute Gasteiger partial charge is 0.337 e. The largest absolute Gasteiger partial charge is 0.465 e. The summed E-state index contributed by atoms with van der Waals surface area (Å²) in [4.78, 5) is 39.8. The number of likely N-dealkylation sites (tertiary alicyclic amines) is 1. The topological polar surface area (TPSA) is 63.7 Å². The molecule has 3 aromatic carbocycles. The summed E-state index contributed by atoms with van der Waals surface area (Å²) in [5, 5.41) is 1.98. The third kappa shape index (κ3) is 3.83. The molecule has 1 heterocycles. The number of Topliss-reactive ketones (excluding diaryl/α,β-unsaturated/α-hetero) is 1. The van der Waals surface area contributed by atoms with Crippen molar-refractivity contribution in [2.45, 2.75) is 12.8 Å². The number of ketones is 1. The van der Waals surface area contributed by atoms with Gasteiger partial charge in [-0.3, -0.25) is 9.59 Å². The van der Waals surface area contributed by atoms with Crippen molar-refractivity contribution in [3.05, 3.63) is 83.4 Å². The number of hydrogen-bond acceptors (Lipinski definition) is 4. The van der Waals surface area contributed by atoms with Gasteiger partial charge in [0.2, 0.25) is 0 Å². The number of piperidine rings is 1. The van der Waals surface area contributed by atoms with E-state index in [4.69, 9.17) is 4.74 Å². The Balaban J connectivity index is 1.55. The van der Waals surface area contributed by atoms with Crippen molar-refractivity contribution in [2.75, 3.05) is 20.2 Å². The highest BCUT2D eigenvalue weighted by molar-refractivity contribution is 6.09. The summed E-state index contributed by atoms with van der Waals surface area (Å²) in [5.74, 6) is -0.812. The van der Waals surface area contributed by atoms with Gasteiger partial charge in [-0.25, -0.2) is 4.79 Å². The minimum Gasteiger partial charge on any atom is -0.465 e. The molecular formula is C25H23NO4. The first kappa shape index (κ1) is 19.8. The summed E-state index contributed by atoms with van der Waals surface area (Å²) in [6.07, 6.45) is 1.53. The maximum absolute atomic E-state index is 13.3. The van der Waals surface area contributed by atoms with Gasteiger partial charge in [-0.2, -0.15) is 0 Å².